The first-order valence-corrected chi connectivity index (χ1v) is 5.15. The number of hydrogen-bond donors (Lipinski definition) is 1. The fourth-order valence-corrected chi connectivity index (χ4v) is 1.81. The Hall–Kier alpha value is -1.53. The van der Waals surface area contributed by atoms with E-state index >= 15 is 0 Å². The molecule has 2 aromatic heterocycles. The third kappa shape index (κ3) is 2.48. The van der Waals surface area contributed by atoms with Crippen LogP contribution in [-0.4, -0.2) is 19.9 Å². The minimum absolute atomic E-state index is 0.376. The average molecular weight is 219 g/mol. The number of nitrogens with two attached hydrogens (primary N) is 1. The van der Waals surface area contributed by atoms with Gasteiger partial charge in [0.1, 0.15) is 16.4 Å². The van der Waals surface area contributed by atoms with Gasteiger partial charge >= 0.3 is 0 Å². The van der Waals surface area contributed by atoms with Gasteiger partial charge in [0.25, 0.3) is 0 Å². The van der Waals surface area contributed by atoms with E-state index in [9.17, 15) is 0 Å². The molecule has 2 heterocycles. The standard InChI is InChI=1S/C9H9N5S/c10-5-7-9(13-4-3-12-7)15-8-1-2-11-6-14-8/h1-4,6H,5,10H2. The maximum absolute atomic E-state index is 5.56. The van der Waals surface area contributed by atoms with Crippen LogP contribution in [0.5, 0.6) is 0 Å². The van der Waals surface area contributed by atoms with Gasteiger partial charge in [0.2, 0.25) is 0 Å². The van der Waals surface area contributed by atoms with Crippen molar-refractivity contribution in [1.29, 1.82) is 0 Å². The van der Waals surface area contributed by atoms with E-state index in [0.29, 0.717) is 6.54 Å². The third-order valence-corrected chi connectivity index (χ3v) is 2.67. The summed E-state index contributed by atoms with van der Waals surface area (Å²) in [5.41, 5.74) is 6.33. The van der Waals surface area contributed by atoms with Crippen molar-refractivity contribution in [3.63, 3.8) is 0 Å². The highest BCUT2D eigenvalue weighted by Gasteiger charge is 2.05. The molecule has 0 aliphatic heterocycles. The van der Waals surface area contributed by atoms with Gasteiger partial charge in [-0.25, -0.2) is 15.0 Å². The summed E-state index contributed by atoms with van der Waals surface area (Å²) in [6.07, 6.45) is 6.46. The molecule has 0 radical (unpaired) electrons. The molecule has 0 saturated heterocycles. The van der Waals surface area contributed by atoms with Gasteiger partial charge in [0.05, 0.1) is 5.69 Å². The zero-order valence-electron chi connectivity index (χ0n) is 7.87. The Balaban J connectivity index is 2.24. The van der Waals surface area contributed by atoms with Crippen LogP contribution in [-0.2, 0) is 6.54 Å². The normalized spacial score (nSPS) is 10.2. The molecular weight excluding hydrogens is 210 g/mol. The van der Waals surface area contributed by atoms with Crippen molar-refractivity contribution < 1.29 is 0 Å². The van der Waals surface area contributed by atoms with Crippen molar-refractivity contribution in [3.8, 4) is 0 Å². The SMILES string of the molecule is NCc1nccnc1Sc1ccncn1. The molecule has 15 heavy (non-hydrogen) atoms. The Labute approximate surface area is 91.2 Å². The first-order valence-electron chi connectivity index (χ1n) is 4.34. The van der Waals surface area contributed by atoms with Crippen LogP contribution in [0.1, 0.15) is 5.69 Å². The highest BCUT2D eigenvalue weighted by molar-refractivity contribution is 7.99. The molecule has 0 atom stereocenters. The van der Waals surface area contributed by atoms with Crippen LogP contribution in [0.3, 0.4) is 0 Å². The van der Waals surface area contributed by atoms with Crippen molar-refractivity contribution in [2.24, 2.45) is 5.73 Å². The third-order valence-electron chi connectivity index (χ3n) is 1.69. The predicted octanol–water partition coefficient (Wildman–Crippen LogP) is 0.876. The van der Waals surface area contributed by atoms with Crippen LogP contribution in [0.2, 0.25) is 0 Å². The average Bonchev–Trinajstić information content (AvgIpc) is 2.31. The van der Waals surface area contributed by atoms with Crippen LogP contribution < -0.4 is 5.73 Å². The zero-order valence-corrected chi connectivity index (χ0v) is 8.68. The van der Waals surface area contributed by atoms with Crippen LogP contribution in [0.4, 0.5) is 0 Å². The maximum atomic E-state index is 5.56. The van der Waals surface area contributed by atoms with Gasteiger partial charge in [-0.3, -0.25) is 4.98 Å². The lowest BCUT2D eigenvalue weighted by atomic mass is 10.5. The minimum atomic E-state index is 0.376. The van der Waals surface area contributed by atoms with E-state index in [1.807, 2.05) is 6.07 Å². The second-order valence-corrected chi connectivity index (χ2v) is 3.67. The van der Waals surface area contributed by atoms with Crippen LogP contribution >= 0.6 is 11.8 Å². The van der Waals surface area contributed by atoms with E-state index in [4.69, 9.17) is 5.73 Å². The molecule has 0 fully saturated rings. The second-order valence-electron chi connectivity index (χ2n) is 2.66. The molecule has 0 aliphatic carbocycles. The Morgan fingerprint density at radius 2 is 2.00 bits per heavy atom. The molecule has 5 nitrogen and oxygen atoms in total. The van der Waals surface area contributed by atoms with Gasteiger partial charge in [-0.1, -0.05) is 0 Å². The van der Waals surface area contributed by atoms with Gasteiger partial charge in [0, 0.05) is 25.1 Å². The van der Waals surface area contributed by atoms with E-state index < -0.39 is 0 Å². The lowest BCUT2D eigenvalue weighted by molar-refractivity contribution is 0.884. The molecule has 2 aromatic rings. The van der Waals surface area contributed by atoms with Crippen molar-refractivity contribution >= 4 is 11.8 Å². The molecule has 0 spiro atoms. The Kier molecular flexibility index (Phi) is 3.21. The molecule has 0 bridgehead atoms. The molecule has 0 aromatic carbocycles. The van der Waals surface area contributed by atoms with Gasteiger partial charge in [-0.05, 0) is 17.8 Å². The summed E-state index contributed by atoms with van der Waals surface area (Å²) in [5, 5.41) is 1.62. The maximum Gasteiger partial charge on any atom is 0.125 e. The molecule has 0 amide bonds. The smallest absolute Gasteiger partial charge is 0.125 e. The van der Waals surface area contributed by atoms with E-state index in [1.165, 1.54) is 18.1 Å². The quantitative estimate of drug-likeness (QED) is 0.772. The molecule has 76 valence electrons. The molecule has 2 N–H and O–H groups in total. The number of rotatable bonds is 3. The van der Waals surface area contributed by atoms with Crippen molar-refractivity contribution in [1.82, 2.24) is 19.9 Å². The second kappa shape index (κ2) is 4.81. The van der Waals surface area contributed by atoms with Crippen LogP contribution in [0, 0.1) is 0 Å². The lowest BCUT2D eigenvalue weighted by Gasteiger charge is -2.03. The Morgan fingerprint density at radius 3 is 2.73 bits per heavy atom. The Bertz CT molecular complexity index is 434. The monoisotopic (exact) mass is 219 g/mol. The van der Waals surface area contributed by atoms with E-state index in [0.717, 1.165) is 15.7 Å². The van der Waals surface area contributed by atoms with Crippen molar-refractivity contribution in [3.05, 3.63) is 36.7 Å². The van der Waals surface area contributed by atoms with Crippen molar-refractivity contribution in [2.45, 2.75) is 16.6 Å². The topological polar surface area (TPSA) is 77.6 Å². The summed E-state index contributed by atoms with van der Waals surface area (Å²) in [5.74, 6) is 0. The molecule has 6 heteroatoms. The van der Waals surface area contributed by atoms with E-state index in [2.05, 4.69) is 19.9 Å². The van der Waals surface area contributed by atoms with Gasteiger partial charge < -0.3 is 5.73 Å². The summed E-state index contributed by atoms with van der Waals surface area (Å²) < 4.78 is 0. The van der Waals surface area contributed by atoms with Gasteiger partial charge in [-0.15, -0.1) is 0 Å². The van der Waals surface area contributed by atoms with E-state index in [-0.39, 0.29) is 0 Å². The molecule has 0 aliphatic rings. The molecular formula is C9H9N5S. The zero-order chi connectivity index (χ0) is 10.5. The van der Waals surface area contributed by atoms with E-state index in [1.54, 1.807) is 18.6 Å². The minimum Gasteiger partial charge on any atom is -0.325 e. The molecule has 0 unspecified atom stereocenters. The number of hydrogen-bond acceptors (Lipinski definition) is 6. The number of aromatic nitrogens is 4. The highest BCUT2D eigenvalue weighted by Crippen LogP contribution is 2.24. The fraction of sp³-hybridized carbons (Fsp3) is 0.111. The fourth-order valence-electron chi connectivity index (χ4n) is 1.02. The van der Waals surface area contributed by atoms with Crippen LogP contribution in [0.15, 0.2) is 41.0 Å². The summed E-state index contributed by atoms with van der Waals surface area (Å²) in [6, 6.07) is 1.82. The predicted molar refractivity (Wildman–Crippen MR) is 56.1 cm³/mol. The van der Waals surface area contributed by atoms with Crippen LogP contribution in [0.25, 0.3) is 0 Å². The highest BCUT2D eigenvalue weighted by atomic mass is 32.2. The first-order chi connectivity index (χ1) is 7.40. The van der Waals surface area contributed by atoms with Gasteiger partial charge in [0.15, 0.2) is 0 Å². The summed E-state index contributed by atoms with van der Waals surface area (Å²) in [4.78, 5) is 16.3. The first kappa shape index (κ1) is 10.0. The van der Waals surface area contributed by atoms with Gasteiger partial charge in [-0.2, -0.15) is 0 Å². The molecule has 0 saturated carbocycles. The summed E-state index contributed by atoms with van der Waals surface area (Å²) >= 11 is 1.43. The summed E-state index contributed by atoms with van der Waals surface area (Å²) in [6.45, 7) is 0.376. The Morgan fingerprint density at radius 1 is 1.13 bits per heavy atom. The lowest BCUT2D eigenvalue weighted by Crippen LogP contribution is -2.02. The molecule has 2 rings (SSSR count). The van der Waals surface area contributed by atoms with Crippen molar-refractivity contribution in [2.75, 3.05) is 0 Å². The largest absolute Gasteiger partial charge is 0.325 e. The number of nitrogens with zero attached hydrogens (tertiary/aromatic N) is 4. The summed E-state index contributed by atoms with van der Waals surface area (Å²) in [7, 11) is 0.